The number of ether oxygens (including phenoxy) is 1. The van der Waals surface area contributed by atoms with Gasteiger partial charge < -0.3 is 9.30 Å². The Labute approximate surface area is 83.7 Å². The summed E-state index contributed by atoms with van der Waals surface area (Å²) in [5.41, 5.74) is 1.68. The van der Waals surface area contributed by atoms with Crippen molar-refractivity contribution in [1.82, 2.24) is 14.5 Å². The molecule has 2 heterocycles. The average molecular weight is 242 g/mol. The van der Waals surface area contributed by atoms with E-state index in [2.05, 4.69) is 25.9 Å². The van der Waals surface area contributed by atoms with Gasteiger partial charge in [-0.15, -0.1) is 0 Å². The number of aryl methyl sites for hydroxylation is 1. The Morgan fingerprint density at radius 1 is 1.54 bits per heavy atom. The molecule has 5 heteroatoms. The van der Waals surface area contributed by atoms with Crippen LogP contribution in [-0.2, 0) is 7.05 Å². The number of halogens is 1. The molecule has 0 aliphatic rings. The van der Waals surface area contributed by atoms with Crippen LogP contribution in [0.15, 0.2) is 16.9 Å². The summed E-state index contributed by atoms with van der Waals surface area (Å²) in [6.07, 6.45) is 1.73. The number of imidazole rings is 1. The van der Waals surface area contributed by atoms with Crippen LogP contribution in [0.2, 0.25) is 0 Å². The summed E-state index contributed by atoms with van der Waals surface area (Å²) in [7, 11) is 3.49. The zero-order valence-corrected chi connectivity index (χ0v) is 8.87. The summed E-state index contributed by atoms with van der Waals surface area (Å²) in [5.74, 6) is 0.580. The monoisotopic (exact) mass is 241 g/mol. The molecule has 0 aliphatic heterocycles. The quantitative estimate of drug-likeness (QED) is 0.764. The smallest absolute Gasteiger partial charge is 0.229 e. The number of pyridine rings is 1. The number of methoxy groups -OCH3 is 1. The van der Waals surface area contributed by atoms with Gasteiger partial charge in [-0.25, -0.2) is 4.98 Å². The van der Waals surface area contributed by atoms with Gasteiger partial charge in [-0.2, -0.15) is 4.98 Å². The number of fused-ring (bicyclic) bond motifs is 1. The van der Waals surface area contributed by atoms with E-state index in [1.807, 2.05) is 17.7 Å². The minimum atomic E-state index is 0.580. The van der Waals surface area contributed by atoms with Crippen LogP contribution in [0.3, 0.4) is 0 Å². The number of nitrogens with zero attached hydrogens (tertiary/aromatic N) is 3. The molecular formula is C8H8BrN3O. The molecule has 0 unspecified atom stereocenters. The van der Waals surface area contributed by atoms with Gasteiger partial charge in [0.1, 0.15) is 5.52 Å². The van der Waals surface area contributed by atoms with Gasteiger partial charge in [0, 0.05) is 7.05 Å². The number of hydrogen-bond donors (Lipinski definition) is 0. The first kappa shape index (κ1) is 8.50. The van der Waals surface area contributed by atoms with Crippen LogP contribution in [0.1, 0.15) is 0 Å². The van der Waals surface area contributed by atoms with Crippen molar-refractivity contribution in [2.75, 3.05) is 7.11 Å². The van der Waals surface area contributed by atoms with Crippen LogP contribution in [0.5, 0.6) is 5.88 Å². The van der Waals surface area contributed by atoms with E-state index < -0.39 is 0 Å². The van der Waals surface area contributed by atoms with Crippen LogP contribution in [0.4, 0.5) is 0 Å². The zero-order valence-electron chi connectivity index (χ0n) is 7.28. The standard InChI is InChI=1S/C8H8BrN3O/c1-12-4-10-6-3-5(9)8(13-2)11-7(6)12/h3-4H,1-2H3. The fourth-order valence-electron chi connectivity index (χ4n) is 1.15. The summed E-state index contributed by atoms with van der Waals surface area (Å²) in [6.45, 7) is 0. The van der Waals surface area contributed by atoms with Crippen molar-refractivity contribution in [3.8, 4) is 5.88 Å². The van der Waals surface area contributed by atoms with Crippen LogP contribution >= 0.6 is 15.9 Å². The van der Waals surface area contributed by atoms with Gasteiger partial charge in [0.25, 0.3) is 0 Å². The first-order valence-corrected chi connectivity index (χ1v) is 4.53. The molecule has 0 atom stereocenters. The summed E-state index contributed by atoms with van der Waals surface area (Å²) < 4.78 is 7.75. The summed E-state index contributed by atoms with van der Waals surface area (Å²) in [5, 5.41) is 0. The largest absolute Gasteiger partial charge is 0.480 e. The van der Waals surface area contributed by atoms with Gasteiger partial charge in [0.2, 0.25) is 5.88 Å². The molecular weight excluding hydrogens is 234 g/mol. The molecule has 0 bridgehead atoms. The molecule has 0 saturated heterocycles. The molecule has 2 rings (SSSR count). The third-order valence-electron chi connectivity index (χ3n) is 1.80. The fourth-order valence-corrected chi connectivity index (χ4v) is 1.62. The third-order valence-corrected chi connectivity index (χ3v) is 2.37. The Balaban J connectivity index is 2.77. The molecule has 13 heavy (non-hydrogen) atoms. The highest BCUT2D eigenvalue weighted by Gasteiger charge is 2.07. The molecule has 0 amide bonds. The lowest BCUT2D eigenvalue weighted by molar-refractivity contribution is 0.396. The molecule has 0 saturated carbocycles. The molecule has 0 radical (unpaired) electrons. The Morgan fingerprint density at radius 3 is 3.00 bits per heavy atom. The fraction of sp³-hybridized carbons (Fsp3) is 0.250. The average Bonchev–Trinajstić information content (AvgIpc) is 2.46. The van der Waals surface area contributed by atoms with E-state index in [4.69, 9.17) is 4.74 Å². The van der Waals surface area contributed by atoms with E-state index in [1.165, 1.54) is 0 Å². The molecule has 4 nitrogen and oxygen atoms in total. The highest BCUT2D eigenvalue weighted by Crippen LogP contribution is 2.25. The van der Waals surface area contributed by atoms with Crippen molar-refractivity contribution in [3.05, 3.63) is 16.9 Å². The van der Waals surface area contributed by atoms with Crippen LogP contribution in [-0.4, -0.2) is 21.6 Å². The molecule has 0 spiro atoms. The van der Waals surface area contributed by atoms with Crippen molar-refractivity contribution >= 4 is 27.1 Å². The Morgan fingerprint density at radius 2 is 2.31 bits per heavy atom. The van der Waals surface area contributed by atoms with E-state index in [0.717, 1.165) is 15.6 Å². The Bertz CT molecular complexity index is 452. The predicted molar refractivity (Wildman–Crippen MR) is 52.8 cm³/mol. The van der Waals surface area contributed by atoms with Gasteiger partial charge in [0.15, 0.2) is 5.65 Å². The molecule has 2 aromatic heterocycles. The van der Waals surface area contributed by atoms with Crippen molar-refractivity contribution in [3.63, 3.8) is 0 Å². The predicted octanol–water partition coefficient (Wildman–Crippen LogP) is 1.74. The van der Waals surface area contributed by atoms with Crippen LogP contribution < -0.4 is 4.74 Å². The second-order valence-corrected chi connectivity index (χ2v) is 3.53. The van der Waals surface area contributed by atoms with Gasteiger partial charge in [-0.3, -0.25) is 0 Å². The summed E-state index contributed by atoms with van der Waals surface area (Å²) in [4.78, 5) is 8.45. The van der Waals surface area contributed by atoms with Gasteiger partial charge in [0.05, 0.1) is 17.9 Å². The maximum atomic E-state index is 5.08. The lowest BCUT2D eigenvalue weighted by Gasteiger charge is -2.01. The van der Waals surface area contributed by atoms with Crippen LogP contribution in [0.25, 0.3) is 11.2 Å². The van der Waals surface area contributed by atoms with Crippen LogP contribution in [0, 0.1) is 0 Å². The molecule has 0 aliphatic carbocycles. The van der Waals surface area contributed by atoms with E-state index in [1.54, 1.807) is 13.4 Å². The van der Waals surface area contributed by atoms with Crippen molar-refractivity contribution < 1.29 is 4.74 Å². The zero-order chi connectivity index (χ0) is 9.42. The maximum absolute atomic E-state index is 5.08. The number of rotatable bonds is 1. The van der Waals surface area contributed by atoms with E-state index in [-0.39, 0.29) is 0 Å². The van der Waals surface area contributed by atoms with Gasteiger partial charge in [-0.1, -0.05) is 0 Å². The second kappa shape index (κ2) is 2.99. The Hall–Kier alpha value is -1.10. The maximum Gasteiger partial charge on any atom is 0.229 e. The molecule has 0 fully saturated rings. The van der Waals surface area contributed by atoms with E-state index in [0.29, 0.717) is 5.88 Å². The first-order chi connectivity index (χ1) is 6.22. The lowest BCUT2D eigenvalue weighted by Crippen LogP contribution is -1.92. The van der Waals surface area contributed by atoms with E-state index in [9.17, 15) is 0 Å². The summed E-state index contributed by atoms with van der Waals surface area (Å²) in [6, 6.07) is 1.89. The number of hydrogen-bond acceptors (Lipinski definition) is 3. The van der Waals surface area contributed by atoms with Crippen molar-refractivity contribution in [2.24, 2.45) is 7.05 Å². The molecule has 0 N–H and O–H groups in total. The highest BCUT2D eigenvalue weighted by molar-refractivity contribution is 9.10. The minimum Gasteiger partial charge on any atom is -0.480 e. The molecule has 2 aromatic rings. The normalized spacial score (nSPS) is 10.7. The number of aromatic nitrogens is 3. The first-order valence-electron chi connectivity index (χ1n) is 3.74. The Kier molecular flexibility index (Phi) is 1.95. The van der Waals surface area contributed by atoms with E-state index >= 15 is 0 Å². The lowest BCUT2D eigenvalue weighted by atomic mass is 10.4. The van der Waals surface area contributed by atoms with Gasteiger partial charge in [-0.05, 0) is 22.0 Å². The molecule has 0 aromatic carbocycles. The topological polar surface area (TPSA) is 39.9 Å². The van der Waals surface area contributed by atoms with Crippen molar-refractivity contribution in [2.45, 2.75) is 0 Å². The van der Waals surface area contributed by atoms with Gasteiger partial charge >= 0.3 is 0 Å². The minimum absolute atomic E-state index is 0.580. The summed E-state index contributed by atoms with van der Waals surface area (Å²) >= 11 is 3.35. The second-order valence-electron chi connectivity index (χ2n) is 2.68. The highest BCUT2D eigenvalue weighted by atomic mass is 79.9. The SMILES string of the molecule is COc1nc2c(cc1Br)ncn2C. The van der Waals surface area contributed by atoms with Crippen molar-refractivity contribution in [1.29, 1.82) is 0 Å². The molecule has 68 valence electrons. The third kappa shape index (κ3) is 1.29.